The number of carbonyl (C=O) groups is 1. The zero-order chi connectivity index (χ0) is 11.7. The van der Waals surface area contributed by atoms with E-state index < -0.39 is 0 Å². The van der Waals surface area contributed by atoms with Crippen molar-refractivity contribution in [3.8, 4) is 0 Å². The molecule has 2 fully saturated rings. The molecule has 3 atom stereocenters. The van der Waals surface area contributed by atoms with Crippen LogP contribution in [-0.2, 0) is 4.79 Å². The second-order valence-corrected chi connectivity index (χ2v) is 5.43. The van der Waals surface area contributed by atoms with Crippen molar-refractivity contribution in [3.05, 3.63) is 0 Å². The summed E-state index contributed by atoms with van der Waals surface area (Å²) < 4.78 is 0. The number of hydrogen-bond acceptors (Lipinski definition) is 3. The fraction of sp³-hybridized carbons (Fsp3) is 0.917. The number of rotatable bonds is 2. The Balaban J connectivity index is 1.87. The normalized spacial score (nSPS) is 35.0. The minimum atomic E-state index is -0.350. The summed E-state index contributed by atoms with van der Waals surface area (Å²) in [7, 11) is 0. The van der Waals surface area contributed by atoms with Gasteiger partial charge in [-0.3, -0.25) is 4.79 Å². The van der Waals surface area contributed by atoms with Crippen LogP contribution >= 0.6 is 0 Å². The van der Waals surface area contributed by atoms with Crippen LogP contribution in [0, 0.1) is 11.8 Å². The molecule has 0 spiro atoms. The molecule has 0 aliphatic carbocycles. The van der Waals surface area contributed by atoms with Gasteiger partial charge in [0.1, 0.15) is 0 Å². The van der Waals surface area contributed by atoms with E-state index in [0.717, 1.165) is 19.5 Å². The molecule has 2 saturated heterocycles. The minimum absolute atomic E-state index is 0.152. The summed E-state index contributed by atoms with van der Waals surface area (Å²) in [6.07, 6.45) is 1.35. The lowest BCUT2D eigenvalue weighted by molar-refractivity contribution is -0.132. The highest BCUT2D eigenvalue weighted by molar-refractivity contribution is 5.82. The molecule has 0 bridgehead atoms. The summed E-state index contributed by atoms with van der Waals surface area (Å²) in [6, 6.07) is -0.152. The zero-order valence-corrected chi connectivity index (χ0v) is 10.1. The van der Waals surface area contributed by atoms with Crippen molar-refractivity contribution in [2.45, 2.75) is 38.8 Å². The van der Waals surface area contributed by atoms with Gasteiger partial charge in [-0.1, -0.05) is 13.8 Å². The van der Waals surface area contributed by atoms with Crippen LogP contribution in [0.4, 0.5) is 0 Å². The molecule has 0 aromatic carbocycles. The van der Waals surface area contributed by atoms with Crippen molar-refractivity contribution in [3.63, 3.8) is 0 Å². The molecule has 0 aromatic rings. The van der Waals surface area contributed by atoms with Gasteiger partial charge in [0.05, 0.1) is 12.1 Å². The van der Waals surface area contributed by atoms with Crippen LogP contribution < -0.4 is 5.32 Å². The van der Waals surface area contributed by atoms with Crippen molar-refractivity contribution in [2.75, 3.05) is 19.6 Å². The number of amides is 1. The minimum Gasteiger partial charge on any atom is -0.392 e. The third kappa shape index (κ3) is 2.38. The lowest BCUT2D eigenvalue weighted by Crippen LogP contribution is -2.42. The molecule has 1 amide bonds. The molecule has 4 nitrogen and oxygen atoms in total. The van der Waals surface area contributed by atoms with Crippen LogP contribution in [0.25, 0.3) is 0 Å². The Bertz CT molecular complexity index is 268. The van der Waals surface area contributed by atoms with E-state index in [1.165, 1.54) is 0 Å². The van der Waals surface area contributed by atoms with E-state index in [1.807, 2.05) is 4.90 Å². The van der Waals surface area contributed by atoms with Gasteiger partial charge in [-0.2, -0.15) is 0 Å². The summed E-state index contributed by atoms with van der Waals surface area (Å²) in [4.78, 5) is 14.1. The van der Waals surface area contributed by atoms with Crippen LogP contribution in [0.2, 0.25) is 0 Å². The maximum atomic E-state index is 12.1. The van der Waals surface area contributed by atoms with Crippen LogP contribution in [0.5, 0.6) is 0 Å². The highest BCUT2D eigenvalue weighted by Gasteiger charge is 2.35. The first kappa shape index (κ1) is 11.9. The van der Waals surface area contributed by atoms with Crippen LogP contribution in [0.1, 0.15) is 26.7 Å². The molecular formula is C12H22N2O2. The van der Waals surface area contributed by atoms with Gasteiger partial charge in [0.2, 0.25) is 5.91 Å². The number of likely N-dealkylation sites (tertiary alicyclic amines) is 1. The zero-order valence-electron chi connectivity index (χ0n) is 10.1. The predicted molar refractivity (Wildman–Crippen MR) is 61.9 cm³/mol. The smallest absolute Gasteiger partial charge is 0.239 e. The van der Waals surface area contributed by atoms with Crippen LogP contribution in [0.15, 0.2) is 0 Å². The average Bonchev–Trinajstić information content (AvgIpc) is 2.84. The maximum Gasteiger partial charge on any atom is 0.239 e. The molecule has 2 aliphatic heterocycles. The summed E-state index contributed by atoms with van der Waals surface area (Å²) >= 11 is 0. The predicted octanol–water partition coefficient (Wildman–Crippen LogP) is 0.214. The number of β-amino-alcohol motifs (C(OH)–C–C–N with tert-alkyl or cyclic N) is 1. The molecule has 0 saturated carbocycles. The highest BCUT2D eigenvalue weighted by Crippen LogP contribution is 2.24. The number of aliphatic hydroxyl groups excluding tert-OH is 1. The van der Waals surface area contributed by atoms with Crippen molar-refractivity contribution in [1.29, 1.82) is 0 Å². The van der Waals surface area contributed by atoms with E-state index >= 15 is 0 Å². The summed E-state index contributed by atoms with van der Waals surface area (Å²) in [5.41, 5.74) is 0. The molecule has 2 N–H and O–H groups in total. The number of carbonyl (C=O) groups excluding carboxylic acids is 1. The standard InChI is InChI=1S/C12H22N2O2/c1-8(2)9-3-4-14(7-9)12(16)11-5-10(15)6-13-11/h8-11,13,15H,3-7H2,1-2H3. The molecule has 0 radical (unpaired) electrons. The van der Waals surface area contributed by atoms with E-state index in [-0.39, 0.29) is 18.1 Å². The van der Waals surface area contributed by atoms with Gasteiger partial charge >= 0.3 is 0 Å². The van der Waals surface area contributed by atoms with Crippen molar-refractivity contribution >= 4 is 5.91 Å². The van der Waals surface area contributed by atoms with Crippen molar-refractivity contribution in [2.24, 2.45) is 11.8 Å². The van der Waals surface area contributed by atoms with E-state index in [4.69, 9.17) is 0 Å². The molecule has 16 heavy (non-hydrogen) atoms. The van der Waals surface area contributed by atoms with E-state index in [2.05, 4.69) is 19.2 Å². The van der Waals surface area contributed by atoms with Gasteiger partial charge in [-0.25, -0.2) is 0 Å². The SMILES string of the molecule is CC(C)C1CCN(C(=O)C2CC(O)CN2)C1. The Kier molecular flexibility index (Phi) is 3.50. The molecule has 4 heteroatoms. The summed E-state index contributed by atoms with van der Waals surface area (Å²) in [6.45, 7) is 6.77. The largest absolute Gasteiger partial charge is 0.392 e. The Morgan fingerprint density at radius 1 is 1.50 bits per heavy atom. The first-order valence-electron chi connectivity index (χ1n) is 6.28. The highest BCUT2D eigenvalue weighted by atomic mass is 16.3. The van der Waals surface area contributed by atoms with Gasteiger partial charge in [0.15, 0.2) is 0 Å². The van der Waals surface area contributed by atoms with Gasteiger partial charge in [-0.15, -0.1) is 0 Å². The van der Waals surface area contributed by atoms with Crippen molar-refractivity contribution in [1.82, 2.24) is 10.2 Å². The molecule has 92 valence electrons. The first-order chi connectivity index (χ1) is 7.58. The molecular weight excluding hydrogens is 204 g/mol. The quantitative estimate of drug-likeness (QED) is 0.708. The molecule has 2 rings (SSSR count). The Labute approximate surface area is 97.0 Å². The lowest BCUT2D eigenvalue weighted by atomic mass is 9.95. The Morgan fingerprint density at radius 3 is 2.75 bits per heavy atom. The second-order valence-electron chi connectivity index (χ2n) is 5.43. The maximum absolute atomic E-state index is 12.1. The number of nitrogens with one attached hydrogen (secondary N) is 1. The lowest BCUT2D eigenvalue weighted by Gasteiger charge is -2.21. The van der Waals surface area contributed by atoms with E-state index in [1.54, 1.807) is 0 Å². The first-order valence-corrected chi connectivity index (χ1v) is 6.28. The molecule has 2 heterocycles. The van der Waals surface area contributed by atoms with Gasteiger partial charge in [0.25, 0.3) is 0 Å². The third-order valence-electron chi connectivity index (χ3n) is 3.88. The van der Waals surface area contributed by atoms with E-state index in [9.17, 15) is 9.90 Å². The average molecular weight is 226 g/mol. The van der Waals surface area contributed by atoms with Gasteiger partial charge in [-0.05, 0) is 24.7 Å². The number of nitrogens with zero attached hydrogens (tertiary/aromatic N) is 1. The second kappa shape index (κ2) is 4.72. The summed E-state index contributed by atoms with van der Waals surface area (Å²) in [5.74, 6) is 1.48. The van der Waals surface area contributed by atoms with Crippen LogP contribution in [0.3, 0.4) is 0 Å². The Hall–Kier alpha value is -0.610. The fourth-order valence-corrected chi connectivity index (χ4v) is 2.66. The number of hydrogen-bond donors (Lipinski definition) is 2. The van der Waals surface area contributed by atoms with E-state index in [0.29, 0.717) is 24.8 Å². The van der Waals surface area contributed by atoms with Crippen molar-refractivity contribution < 1.29 is 9.90 Å². The van der Waals surface area contributed by atoms with Crippen LogP contribution in [-0.4, -0.2) is 47.7 Å². The number of aliphatic hydroxyl groups is 1. The molecule has 0 aromatic heterocycles. The van der Waals surface area contributed by atoms with Gasteiger partial charge in [0, 0.05) is 19.6 Å². The molecule has 2 aliphatic rings. The fourth-order valence-electron chi connectivity index (χ4n) is 2.66. The molecule has 3 unspecified atom stereocenters. The monoisotopic (exact) mass is 226 g/mol. The van der Waals surface area contributed by atoms with Gasteiger partial charge < -0.3 is 15.3 Å². The Morgan fingerprint density at radius 2 is 2.25 bits per heavy atom. The summed E-state index contributed by atoms with van der Waals surface area (Å²) in [5, 5.41) is 12.5. The third-order valence-corrected chi connectivity index (χ3v) is 3.88. The topological polar surface area (TPSA) is 52.6 Å².